The molecule has 1 aromatic rings. The van der Waals surface area contributed by atoms with Crippen molar-refractivity contribution in [1.82, 2.24) is 10.6 Å². The largest absolute Gasteiger partial charge is 0.394 e. The number of rotatable bonds is 5. The minimum atomic E-state index is -0.950. The molecule has 1 heterocycles. The molecule has 0 fully saturated rings. The number of amides is 1. The smallest absolute Gasteiger partial charge is 0.251 e. The minimum absolute atomic E-state index is 0.264. The van der Waals surface area contributed by atoms with Crippen molar-refractivity contribution in [3.63, 3.8) is 0 Å². The molecule has 0 bridgehead atoms. The average Bonchev–Trinajstić information content (AvgIpc) is 2.92. The van der Waals surface area contributed by atoms with Crippen molar-refractivity contribution < 1.29 is 15.0 Å². The van der Waals surface area contributed by atoms with Crippen LogP contribution in [0.1, 0.15) is 34.8 Å². The fraction of sp³-hybridized carbons (Fsp3) is 0.500. The molecule has 2 rings (SSSR count). The number of nitrogens with one attached hydrogen (secondary N) is 2. The predicted octanol–water partition coefficient (Wildman–Crippen LogP) is 0.153. The lowest BCUT2D eigenvalue weighted by Gasteiger charge is -2.29. The zero-order chi connectivity index (χ0) is 13.9. The summed E-state index contributed by atoms with van der Waals surface area (Å²) in [5, 5.41) is 24.6. The van der Waals surface area contributed by atoms with E-state index in [0.29, 0.717) is 12.0 Å². The first kappa shape index (κ1) is 14.0. The van der Waals surface area contributed by atoms with Crippen LogP contribution in [0, 0.1) is 0 Å². The summed E-state index contributed by atoms with van der Waals surface area (Å²) in [5.41, 5.74) is 1.95. The van der Waals surface area contributed by atoms with Gasteiger partial charge in [0.25, 0.3) is 5.91 Å². The van der Waals surface area contributed by atoms with E-state index in [1.54, 1.807) is 6.07 Å². The molecule has 1 aromatic carbocycles. The highest BCUT2D eigenvalue weighted by molar-refractivity contribution is 5.95. The fourth-order valence-corrected chi connectivity index (χ4v) is 2.19. The first-order chi connectivity index (χ1) is 9.14. The molecule has 4 N–H and O–H groups in total. The molecule has 5 heteroatoms. The number of fused-ring (bicyclic) bond motifs is 1. The number of aliphatic hydroxyl groups excluding tert-OH is 2. The van der Waals surface area contributed by atoms with Crippen LogP contribution in [-0.4, -0.2) is 34.9 Å². The molecule has 0 saturated carbocycles. The van der Waals surface area contributed by atoms with Crippen LogP contribution in [0.2, 0.25) is 0 Å². The van der Waals surface area contributed by atoms with E-state index in [0.717, 1.165) is 18.7 Å². The van der Waals surface area contributed by atoms with Crippen molar-refractivity contribution in [3.05, 3.63) is 34.9 Å². The Morgan fingerprint density at radius 3 is 2.63 bits per heavy atom. The Labute approximate surface area is 112 Å². The summed E-state index contributed by atoms with van der Waals surface area (Å²) in [5.74, 6) is -0.264. The van der Waals surface area contributed by atoms with Gasteiger partial charge in [-0.2, -0.15) is 0 Å². The highest BCUT2D eigenvalue weighted by Crippen LogP contribution is 2.18. The number of carbonyl (C=O) groups is 1. The molecule has 0 unspecified atom stereocenters. The van der Waals surface area contributed by atoms with Crippen LogP contribution in [0.3, 0.4) is 0 Å². The molecule has 0 radical (unpaired) electrons. The summed E-state index contributed by atoms with van der Waals surface area (Å²) in [4.78, 5) is 12.2. The van der Waals surface area contributed by atoms with Gasteiger partial charge in [-0.05, 0) is 29.7 Å². The Kier molecular flexibility index (Phi) is 4.19. The Morgan fingerprint density at radius 2 is 2.00 bits per heavy atom. The molecule has 5 nitrogen and oxygen atoms in total. The number of hydrogen-bond acceptors (Lipinski definition) is 4. The van der Waals surface area contributed by atoms with Gasteiger partial charge in [0.1, 0.15) is 0 Å². The van der Waals surface area contributed by atoms with Crippen LogP contribution < -0.4 is 10.6 Å². The van der Waals surface area contributed by atoms with Crippen molar-refractivity contribution in [2.24, 2.45) is 0 Å². The second-order valence-corrected chi connectivity index (χ2v) is 4.99. The van der Waals surface area contributed by atoms with Gasteiger partial charge in [-0.1, -0.05) is 13.0 Å². The molecule has 104 valence electrons. The maximum Gasteiger partial charge on any atom is 0.251 e. The molecular weight excluding hydrogens is 244 g/mol. The van der Waals surface area contributed by atoms with E-state index >= 15 is 0 Å². The summed E-state index contributed by atoms with van der Waals surface area (Å²) >= 11 is 0. The zero-order valence-electron chi connectivity index (χ0n) is 11.1. The highest BCUT2D eigenvalue weighted by atomic mass is 16.3. The normalized spacial score (nSPS) is 14.3. The van der Waals surface area contributed by atoms with Gasteiger partial charge in [0.05, 0.1) is 18.8 Å². The lowest BCUT2D eigenvalue weighted by molar-refractivity contribution is 0.0653. The van der Waals surface area contributed by atoms with Crippen molar-refractivity contribution in [2.45, 2.75) is 32.0 Å². The summed E-state index contributed by atoms with van der Waals surface area (Å²) in [6, 6.07) is 5.58. The Bertz CT molecular complexity index is 461. The summed E-state index contributed by atoms with van der Waals surface area (Å²) in [6.07, 6.45) is 0.470. The number of benzene rings is 1. The standard InChI is InChI=1S/C14H20N2O3/c1-2-14(8-17,9-18)16-13(19)10-3-4-11-6-15-7-12(11)5-10/h3-5,15,17-18H,2,6-9H2,1H3,(H,16,19). The van der Waals surface area contributed by atoms with E-state index in [4.69, 9.17) is 0 Å². The SMILES string of the molecule is CCC(CO)(CO)NC(=O)c1ccc2c(c1)CNC2. The lowest BCUT2D eigenvalue weighted by atomic mass is 9.97. The topological polar surface area (TPSA) is 81.6 Å². The summed E-state index contributed by atoms with van der Waals surface area (Å²) < 4.78 is 0. The molecule has 0 atom stereocenters. The molecular formula is C14H20N2O3. The maximum absolute atomic E-state index is 12.2. The van der Waals surface area contributed by atoms with E-state index in [1.807, 2.05) is 19.1 Å². The number of carbonyl (C=O) groups excluding carboxylic acids is 1. The molecule has 0 aliphatic carbocycles. The average molecular weight is 264 g/mol. The molecule has 0 spiro atoms. The van der Waals surface area contributed by atoms with Crippen molar-refractivity contribution in [3.8, 4) is 0 Å². The minimum Gasteiger partial charge on any atom is -0.394 e. The van der Waals surface area contributed by atoms with E-state index in [1.165, 1.54) is 5.56 Å². The molecule has 1 aliphatic rings. The van der Waals surface area contributed by atoms with E-state index in [-0.39, 0.29) is 19.1 Å². The lowest BCUT2D eigenvalue weighted by Crippen LogP contribution is -2.53. The first-order valence-corrected chi connectivity index (χ1v) is 6.51. The van der Waals surface area contributed by atoms with Crippen LogP contribution in [0.5, 0.6) is 0 Å². The van der Waals surface area contributed by atoms with Gasteiger partial charge < -0.3 is 20.8 Å². The number of aliphatic hydroxyl groups is 2. The second kappa shape index (κ2) is 5.69. The van der Waals surface area contributed by atoms with E-state index in [2.05, 4.69) is 10.6 Å². The molecule has 19 heavy (non-hydrogen) atoms. The zero-order valence-corrected chi connectivity index (χ0v) is 11.1. The van der Waals surface area contributed by atoms with Crippen LogP contribution in [-0.2, 0) is 13.1 Å². The van der Waals surface area contributed by atoms with E-state index < -0.39 is 5.54 Å². The van der Waals surface area contributed by atoms with Gasteiger partial charge in [0.15, 0.2) is 0 Å². The predicted molar refractivity (Wildman–Crippen MR) is 71.6 cm³/mol. The van der Waals surface area contributed by atoms with Gasteiger partial charge in [-0.3, -0.25) is 4.79 Å². The highest BCUT2D eigenvalue weighted by Gasteiger charge is 2.29. The van der Waals surface area contributed by atoms with Crippen LogP contribution >= 0.6 is 0 Å². The van der Waals surface area contributed by atoms with Gasteiger partial charge >= 0.3 is 0 Å². The fourth-order valence-electron chi connectivity index (χ4n) is 2.19. The van der Waals surface area contributed by atoms with Crippen molar-refractivity contribution >= 4 is 5.91 Å². The van der Waals surface area contributed by atoms with Crippen molar-refractivity contribution in [1.29, 1.82) is 0 Å². The molecule has 1 amide bonds. The van der Waals surface area contributed by atoms with Crippen LogP contribution in [0.4, 0.5) is 0 Å². The van der Waals surface area contributed by atoms with Crippen LogP contribution in [0.15, 0.2) is 18.2 Å². The molecule has 0 saturated heterocycles. The second-order valence-electron chi connectivity index (χ2n) is 4.99. The Hall–Kier alpha value is -1.43. The number of hydrogen-bond donors (Lipinski definition) is 4. The molecule has 1 aliphatic heterocycles. The Morgan fingerprint density at radius 1 is 1.32 bits per heavy atom. The summed E-state index contributed by atoms with van der Waals surface area (Å²) in [6.45, 7) is 2.87. The monoisotopic (exact) mass is 264 g/mol. The summed E-state index contributed by atoms with van der Waals surface area (Å²) in [7, 11) is 0. The van der Waals surface area contributed by atoms with Crippen molar-refractivity contribution in [2.75, 3.05) is 13.2 Å². The molecule has 0 aromatic heterocycles. The quantitative estimate of drug-likeness (QED) is 0.610. The van der Waals surface area contributed by atoms with E-state index in [9.17, 15) is 15.0 Å². The third kappa shape index (κ3) is 2.78. The first-order valence-electron chi connectivity index (χ1n) is 6.51. The van der Waals surface area contributed by atoms with Gasteiger partial charge in [0.2, 0.25) is 0 Å². The van der Waals surface area contributed by atoms with Crippen LogP contribution in [0.25, 0.3) is 0 Å². The van der Waals surface area contributed by atoms with Gasteiger partial charge in [-0.25, -0.2) is 0 Å². The third-order valence-corrected chi connectivity index (χ3v) is 3.76. The maximum atomic E-state index is 12.2. The third-order valence-electron chi connectivity index (χ3n) is 3.76. The van der Waals surface area contributed by atoms with Gasteiger partial charge in [-0.15, -0.1) is 0 Å². The Balaban J connectivity index is 2.16. The van der Waals surface area contributed by atoms with Gasteiger partial charge in [0, 0.05) is 18.7 Å².